The highest BCUT2D eigenvalue weighted by molar-refractivity contribution is 5.38. The van der Waals surface area contributed by atoms with Crippen LogP contribution in [-0.2, 0) is 0 Å². The first kappa shape index (κ1) is 26.7. The summed E-state index contributed by atoms with van der Waals surface area (Å²) in [5.74, 6) is 0.836. The van der Waals surface area contributed by atoms with Gasteiger partial charge < -0.3 is 20.4 Å². The van der Waals surface area contributed by atoms with Crippen molar-refractivity contribution in [1.82, 2.24) is 0 Å². The van der Waals surface area contributed by atoms with Gasteiger partial charge in [0.05, 0.1) is 23.9 Å². The first-order valence-electron chi connectivity index (χ1n) is 13.5. The van der Waals surface area contributed by atoms with Gasteiger partial charge in [0.25, 0.3) is 0 Å². The second-order valence-electron chi connectivity index (χ2n) is 11.4. The van der Waals surface area contributed by atoms with Crippen molar-refractivity contribution in [3.63, 3.8) is 0 Å². The highest BCUT2D eigenvalue weighted by Crippen LogP contribution is 2.58. The second-order valence-corrected chi connectivity index (χ2v) is 11.4. The van der Waals surface area contributed by atoms with E-state index in [4.69, 9.17) is 0 Å². The largest absolute Gasteiger partial charge is 0.393 e. The van der Waals surface area contributed by atoms with Crippen LogP contribution in [0.2, 0.25) is 0 Å². The maximum Gasteiger partial charge on any atom is 0.0811 e. The fraction of sp³-hybridized carbons (Fsp3) is 0.793. The number of hydrogen-bond acceptors (Lipinski definition) is 4. The number of rotatable bonds is 9. The lowest BCUT2D eigenvalue weighted by Crippen LogP contribution is -2.38. The Hall–Kier alpha value is -0.940. The Kier molecular flexibility index (Phi) is 9.05. The summed E-state index contributed by atoms with van der Waals surface area (Å²) in [6, 6.07) is 0. The van der Waals surface area contributed by atoms with Crippen LogP contribution in [0.5, 0.6) is 0 Å². The van der Waals surface area contributed by atoms with Gasteiger partial charge in [0, 0.05) is 6.42 Å². The molecule has 188 valence electrons. The number of allylic oxidation sites excluding steroid dienone is 3. The van der Waals surface area contributed by atoms with Gasteiger partial charge in [0.2, 0.25) is 0 Å². The van der Waals surface area contributed by atoms with Crippen LogP contribution in [0.4, 0.5) is 0 Å². The van der Waals surface area contributed by atoms with E-state index in [-0.39, 0.29) is 11.5 Å². The third kappa shape index (κ3) is 6.01. The van der Waals surface area contributed by atoms with E-state index in [0.29, 0.717) is 24.7 Å². The smallest absolute Gasteiger partial charge is 0.0811 e. The van der Waals surface area contributed by atoms with Crippen LogP contribution in [0.3, 0.4) is 0 Å². The van der Waals surface area contributed by atoms with Crippen LogP contribution in [0.15, 0.2) is 35.5 Å². The molecular weight excluding hydrogens is 412 g/mol. The van der Waals surface area contributed by atoms with E-state index in [1.165, 1.54) is 12.0 Å². The summed E-state index contributed by atoms with van der Waals surface area (Å²) in [5, 5.41) is 41.9. The molecule has 4 heteroatoms. The van der Waals surface area contributed by atoms with E-state index >= 15 is 0 Å². The van der Waals surface area contributed by atoms with Gasteiger partial charge in [-0.05, 0) is 92.6 Å². The molecule has 0 aromatic rings. The summed E-state index contributed by atoms with van der Waals surface area (Å²) in [7, 11) is 0. The fourth-order valence-corrected chi connectivity index (χ4v) is 6.99. The van der Waals surface area contributed by atoms with E-state index in [1.54, 1.807) is 0 Å². The zero-order chi connectivity index (χ0) is 24.2. The molecule has 6 atom stereocenters. The molecule has 3 rings (SSSR count). The fourth-order valence-electron chi connectivity index (χ4n) is 6.99. The van der Waals surface area contributed by atoms with Crippen LogP contribution < -0.4 is 0 Å². The van der Waals surface area contributed by atoms with E-state index in [9.17, 15) is 20.4 Å². The Bertz CT molecular complexity index is 734. The molecule has 0 aromatic heterocycles. The summed E-state index contributed by atoms with van der Waals surface area (Å²) in [6.45, 7) is 10.5. The van der Waals surface area contributed by atoms with Crippen LogP contribution in [0.1, 0.15) is 104 Å². The summed E-state index contributed by atoms with van der Waals surface area (Å²) < 4.78 is 0. The van der Waals surface area contributed by atoms with Crippen molar-refractivity contribution in [3.8, 4) is 0 Å². The first-order chi connectivity index (χ1) is 15.6. The third-order valence-electron chi connectivity index (χ3n) is 9.47. The predicted molar refractivity (Wildman–Crippen MR) is 135 cm³/mol. The molecule has 0 aromatic carbocycles. The van der Waals surface area contributed by atoms with Gasteiger partial charge in [0.15, 0.2) is 0 Å². The molecule has 0 radical (unpaired) electrons. The molecule has 4 nitrogen and oxygen atoms in total. The molecule has 0 amide bonds. The van der Waals surface area contributed by atoms with Gasteiger partial charge in [-0.2, -0.15) is 0 Å². The average Bonchev–Trinajstić information content (AvgIpc) is 3.15. The van der Waals surface area contributed by atoms with E-state index in [2.05, 4.69) is 39.5 Å². The molecule has 0 unspecified atom stereocenters. The van der Waals surface area contributed by atoms with Crippen LogP contribution >= 0.6 is 0 Å². The highest BCUT2D eigenvalue weighted by atomic mass is 16.3. The Morgan fingerprint density at radius 1 is 1.15 bits per heavy atom. The lowest BCUT2D eigenvalue weighted by molar-refractivity contribution is 0.00594. The second kappa shape index (κ2) is 11.2. The molecule has 33 heavy (non-hydrogen) atoms. The molecule has 0 saturated heterocycles. The summed E-state index contributed by atoms with van der Waals surface area (Å²) in [5.41, 5.74) is 2.77. The molecule has 3 fully saturated rings. The van der Waals surface area contributed by atoms with E-state index in [0.717, 1.165) is 75.4 Å². The van der Waals surface area contributed by atoms with Gasteiger partial charge >= 0.3 is 0 Å². The molecule has 4 N–H and O–H groups in total. The predicted octanol–water partition coefficient (Wildman–Crippen LogP) is 5.60. The Balaban J connectivity index is 1.62. The van der Waals surface area contributed by atoms with Crippen molar-refractivity contribution in [2.75, 3.05) is 0 Å². The molecule has 3 saturated carbocycles. The van der Waals surface area contributed by atoms with Crippen molar-refractivity contribution in [2.24, 2.45) is 17.3 Å². The summed E-state index contributed by atoms with van der Waals surface area (Å²) >= 11 is 0. The molecular formula is C29H48O4. The SMILES string of the molecule is C=C1/C(=C\C=C2/CCC[C@]3(C)[C@@H]([C@@H](O)CCCCC(O)(CC)CC)CC[C@@H]23)C[C@@H](O)C[C@@H]1O. The molecule has 0 bridgehead atoms. The van der Waals surface area contributed by atoms with E-state index < -0.39 is 17.8 Å². The average molecular weight is 461 g/mol. The number of aliphatic hydroxyl groups excluding tert-OH is 3. The molecule has 3 aliphatic carbocycles. The van der Waals surface area contributed by atoms with Crippen molar-refractivity contribution in [2.45, 2.75) is 128 Å². The summed E-state index contributed by atoms with van der Waals surface area (Å²) in [6.07, 6.45) is 14.7. The Morgan fingerprint density at radius 2 is 1.88 bits per heavy atom. The Labute approximate surface area is 201 Å². The monoisotopic (exact) mass is 460 g/mol. The number of unbranched alkanes of at least 4 members (excludes halogenated alkanes) is 1. The molecule has 0 heterocycles. The van der Waals surface area contributed by atoms with Crippen molar-refractivity contribution >= 4 is 0 Å². The maximum atomic E-state index is 11.1. The van der Waals surface area contributed by atoms with Gasteiger partial charge in [-0.3, -0.25) is 0 Å². The van der Waals surface area contributed by atoms with Gasteiger partial charge in [0.1, 0.15) is 0 Å². The van der Waals surface area contributed by atoms with Gasteiger partial charge in [-0.1, -0.05) is 57.9 Å². The zero-order valence-electron chi connectivity index (χ0n) is 21.2. The van der Waals surface area contributed by atoms with E-state index in [1.807, 2.05) is 0 Å². The molecule has 3 aliphatic rings. The highest BCUT2D eigenvalue weighted by Gasteiger charge is 2.51. The first-order valence-corrected chi connectivity index (χ1v) is 13.5. The van der Waals surface area contributed by atoms with Crippen LogP contribution in [-0.4, -0.2) is 44.3 Å². The van der Waals surface area contributed by atoms with Crippen molar-refractivity contribution in [3.05, 3.63) is 35.5 Å². The minimum absolute atomic E-state index is 0.137. The van der Waals surface area contributed by atoms with Crippen molar-refractivity contribution in [1.29, 1.82) is 0 Å². The summed E-state index contributed by atoms with van der Waals surface area (Å²) in [4.78, 5) is 0. The normalized spacial score (nSPS) is 36.4. The third-order valence-corrected chi connectivity index (χ3v) is 9.47. The minimum Gasteiger partial charge on any atom is -0.393 e. The van der Waals surface area contributed by atoms with Crippen LogP contribution in [0.25, 0.3) is 0 Å². The quantitative estimate of drug-likeness (QED) is 0.338. The van der Waals surface area contributed by atoms with Crippen LogP contribution in [0, 0.1) is 17.3 Å². The molecule has 0 spiro atoms. The number of fused-ring (bicyclic) bond motifs is 1. The van der Waals surface area contributed by atoms with Crippen molar-refractivity contribution < 1.29 is 20.4 Å². The number of hydrogen-bond donors (Lipinski definition) is 4. The minimum atomic E-state index is -0.647. The van der Waals surface area contributed by atoms with Gasteiger partial charge in [-0.25, -0.2) is 0 Å². The standard InChI is InChI=1S/C29H48O4/c1-5-29(33,6-2)17-8-7-11-26(31)25-15-14-24-21(10-9-16-28(24,25)4)12-13-22-18-23(30)19-27(32)20(22)3/h12-13,23-27,30-33H,3,5-11,14-19H2,1-2,4H3/b21-12+,22-13-/t23-,24+,25-,26+,27+,28+/m1/s1. The zero-order valence-corrected chi connectivity index (χ0v) is 21.2. The topological polar surface area (TPSA) is 80.9 Å². The molecule has 0 aliphatic heterocycles. The lowest BCUT2D eigenvalue weighted by atomic mass is 9.62. The maximum absolute atomic E-state index is 11.1. The number of aliphatic hydroxyl groups is 4. The lowest BCUT2D eigenvalue weighted by Gasteiger charge is -2.44. The Morgan fingerprint density at radius 3 is 2.58 bits per heavy atom. The van der Waals surface area contributed by atoms with Gasteiger partial charge in [-0.15, -0.1) is 0 Å².